The van der Waals surface area contributed by atoms with Crippen molar-refractivity contribution in [1.29, 1.82) is 0 Å². The van der Waals surface area contributed by atoms with Crippen molar-refractivity contribution >= 4 is 5.91 Å². The van der Waals surface area contributed by atoms with Gasteiger partial charge in [-0.1, -0.05) is 0 Å². The van der Waals surface area contributed by atoms with Crippen LogP contribution in [0.25, 0.3) is 0 Å². The Morgan fingerprint density at radius 3 is 2.94 bits per heavy atom. The van der Waals surface area contributed by atoms with Gasteiger partial charge in [0.15, 0.2) is 0 Å². The molecular weight excluding hydrogens is 228 g/mol. The number of aromatic nitrogens is 1. The summed E-state index contributed by atoms with van der Waals surface area (Å²) in [6.07, 6.45) is 8.99. The van der Waals surface area contributed by atoms with E-state index in [1.54, 1.807) is 0 Å². The Labute approximate surface area is 107 Å². The number of rotatable bonds is 4. The smallest absolute Gasteiger partial charge is 0.239 e. The van der Waals surface area contributed by atoms with Crippen LogP contribution in [0.2, 0.25) is 0 Å². The third kappa shape index (κ3) is 2.58. The molecule has 1 amide bonds. The maximum atomic E-state index is 11.7. The average Bonchev–Trinajstić information content (AvgIpc) is 3.07. The standard InChI is InChI=1S/C14H20N2O2/c17-13-3-1-2-11-7-16(8-12(11)13)9-14(18)15-6-10-4-5-10/h7-8,10,13,17H,1-6,9H2,(H,15,18). The first kappa shape index (κ1) is 11.8. The summed E-state index contributed by atoms with van der Waals surface area (Å²) in [7, 11) is 0. The zero-order chi connectivity index (χ0) is 12.5. The van der Waals surface area contributed by atoms with E-state index in [4.69, 9.17) is 0 Å². The number of aliphatic hydroxyl groups is 1. The summed E-state index contributed by atoms with van der Waals surface area (Å²) in [6.45, 7) is 1.19. The molecule has 0 aliphatic heterocycles. The highest BCUT2D eigenvalue weighted by atomic mass is 16.3. The molecule has 1 heterocycles. The SMILES string of the molecule is O=C(Cn1cc2c(c1)C(O)CCC2)NCC1CC1. The number of nitrogens with zero attached hydrogens (tertiary/aromatic N) is 1. The van der Waals surface area contributed by atoms with Gasteiger partial charge in [0, 0.05) is 24.5 Å². The second kappa shape index (κ2) is 4.76. The van der Waals surface area contributed by atoms with Crippen LogP contribution in [-0.2, 0) is 17.8 Å². The molecule has 1 atom stereocenters. The van der Waals surface area contributed by atoms with Crippen molar-refractivity contribution in [1.82, 2.24) is 9.88 Å². The first-order chi connectivity index (χ1) is 8.72. The molecule has 18 heavy (non-hydrogen) atoms. The maximum absolute atomic E-state index is 11.7. The van der Waals surface area contributed by atoms with Gasteiger partial charge in [-0.25, -0.2) is 0 Å². The first-order valence-corrected chi connectivity index (χ1v) is 6.85. The van der Waals surface area contributed by atoms with Crippen LogP contribution in [0.5, 0.6) is 0 Å². The normalized spacial score (nSPS) is 22.6. The minimum atomic E-state index is -0.343. The summed E-state index contributed by atoms with van der Waals surface area (Å²) in [5, 5.41) is 12.8. The molecule has 3 rings (SSSR count). The predicted octanol–water partition coefficient (Wildman–Crippen LogP) is 1.38. The van der Waals surface area contributed by atoms with E-state index in [1.165, 1.54) is 18.4 Å². The van der Waals surface area contributed by atoms with Gasteiger partial charge in [-0.15, -0.1) is 0 Å². The largest absolute Gasteiger partial charge is 0.388 e. The Kier molecular flexibility index (Phi) is 3.12. The summed E-state index contributed by atoms with van der Waals surface area (Å²) in [6, 6.07) is 0. The molecular formula is C14H20N2O2. The first-order valence-electron chi connectivity index (χ1n) is 6.85. The van der Waals surface area contributed by atoms with E-state index in [2.05, 4.69) is 5.32 Å². The van der Waals surface area contributed by atoms with Gasteiger partial charge in [-0.2, -0.15) is 0 Å². The molecule has 0 saturated heterocycles. The van der Waals surface area contributed by atoms with Gasteiger partial charge in [0.1, 0.15) is 6.54 Å². The third-order valence-corrected chi connectivity index (χ3v) is 3.89. The number of amides is 1. The van der Waals surface area contributed by atoms with Gasteiger partial charge in [0.25, 0.3) is 0 Å². The molecule has 0 bridgehead atoms. The predicted molar refractivity (Wildman–Crippen MR) is 68.1 cm³/mol. The van der Waals surface area contributed by atoms with Crippen LogP contribution < -0.4 is 5.32 Å². The van der Waals surface area contributed by atoms with E-state index in [9.17, 15) is 9.90 Å². The lowest BCUT2D eigenvalue weighted by molar-refractivity contribution is -0.121. The quantitative estimate of drug-likeness (QED) is 0.846. The molecule has 0 aromatic carbocycles. The molecule has 98 valence electrons. The van der Waals surface area contributed by atoms with E-state index >= 15 is 0 Å². The topological polar surface area (TPSA) is 54.3 Å². The van der Waals surface area contributed by atoms with Crippen LogP contribution in [0.4, 0.5) is 0 Å². The fraction of sp³-hybridized carbons (Fsp3) is 0.643. The molecule has 0 spiro atoms. The molecule has 2 aliphatic rings. The molecule has 0 radical (unpaired) electrons. The Bertz CT molecular complexity index is 449. The van der Waals surface area contributed by atoms with Crippen molar-refractivity contribution in [3.8, 4) is 0 Å². The minimum Gasteiger partial charge on any atom is -0.388 e. The maximum Gasteiger partial charge on any atom is 0.239 e. The highest BCUT2D eigenvalue weighted by molar-refractivity contribution is 5.75. The van der Waals surface area contributed by atoms with E-state index < -0.39 is 0 Å². The molecule has 2 aliphatic carbocycles. The number of hydrogen-bond donors (Lipinski definition) is 2. The van der Waals surface area contributed by atoms with E-state index in [-0.39, 0.29) is 12.0 Å². The fourth-order valence-corrected chi connectivity index (χ4v) is 2.62. The summed E-state index contributed by atoms with van der Waals surface area (Å²) < 4.78 is 1.90. The Morgan fingerprint density at radius 1 is 1.39 bits per heavy atom. The van der Waals surface area contributed by atoms with Gasteiger partial charge in [0.05, 0.1) is 6.10 Å². The van der Waals surface area contributed by atoms with Crippen molar-refractivity contribution in [2.75, 3.05) is 6.54 Å². The monoisotopic (exact) mass is 248 g/mol. The molecule has 4 heteroatoms. The van der Waals surface area contributed by atoms with Gasteiger partial charge in [-0.3, -0.25) is 4.79 Å². The Balaban J connectivity index is 1.60. The molecule has 4 nitrogen and oxygen atoms in total. The number of aliphatic hydroxyl groups excluding tert-OH is 1. The lowest BCUT2D eigenvalue weighted by Crippen LogP contribution is -2.28. The summed E-state index contributed by atoms with van der Waals surface area (Å²) in [5.41, 5.74) is 2.21. The molecule has 1 saturated carbocycles. The van der Waals surface area contributed by atoms with Crippen molar-refractivity contribution < 1.29 is 9.90 Å². The highest BCUT2D eigenvalue weighted by Crippen LogP contribution is 2.30. The molecule has 2 N–H and O–H groups in total. The van der Waals surface area contributed by atoms with Crippen molar-refractivity contribution in [2.24, 2.45) is 5.92 Å². The molecule has 1 fully saturated rings. The van der Waals surface area contributed by atoms with Crippen LogP contribution >= 0.6 is 0 Å². The number of hydrogen-bond acceptors (Lipinski definition) is 2. The van der Waals surface area contributed by atoms with Gasteiger partial charge < -0.3 is 15.0 Å². The summed E-state index contributed by atoms with van der Waals surface area (Å²) in [4.78, 5) is 11.7. The number of nitrogens with one attached hydrogen (secondary N) is 1. The average molecular weight is 248 g/mol. The number of carbonyl (C=O) groups excluding carboxylic acids is 1. The van der Waals surface area contributed by atoms with E-state index in [0.717, 1.165) is 31.4 Å². The second-order valence-electron chi connectivity index (χ2n) is 5.57. The molecule has 1 aromatic heterocycles. The van der Waals surface area contributed by atoms with Crippen LogP contribution in [-0.4, -0.2) is 22.1 Å². The van der Waals surface area contributed by atoms with Gasteiger partial charge in [-0.05, 0) is 43.6 Å². The van der Waals surface area contributed by atoms with Crippen LogP contribution in [0.3, 0.4) is 0 Å². The van der Waals surface area contributed by atoms with Crippen LogP contribution in [0.1, 0.15) is 42.9 Å². The van der Waals surface area contributed by atoms with E-state index in [0.29, 0.717) is 12.5 Å². The summed E-state index contributed by atoms with van der Waals surface area (Å²) >= 11 is 0. The van der Waals surface area contributed by atoms with Crippen LogP contribution in [0.15, 0.2) is 12.4 Å². The Hall–Kier alpha value is -1.29. The van der Waals surface area contributed by atoms with E-state index in [1.807, 2.05) is 17.0 Å². The second-order valence-corrected chi connectivity index (χ2v) is 5.57. The van der Waals surface area contributed by atoms with Crippen LogP contribution in [0, 0.1) is 5.92 Å². The summed E-state index contributed by atoms with van der Waals surface area (Å²) in [5.74, 6) is 0.789. The molecule has 1 aromatic rings. The number of fused-ring (bicyclic) bond motifs is 1. The lowest BCUT2D eigenvalue weighted by Gasteiger charge is -2.16. The molecule has 1 unspecified atom stereocenters. The number of carbonyl (C=O) groups is 1. The zero-order valence-electron chi connectivity index (χ0n) is 10.6. The fourth-order valence-electron chi connectivity index (χ4n) is 2.62. The highest BCUT2D eigenvalue weighted by Gasteiger charge is 2.22. The van der Waals surface area contributed by atoms with Crippen molar-refractivity contribution in [3.63, 3.8) is 0 Å². The third-order valence-electron chi connectivity index (χ3n) is 3.89. The van der Waals surface area contributed by atoms with Crippen molar-refractivity contribution in [3.05, 3.63) is 23.5 Å². The Morgan fingerprint density at radius 2 is 2.22 bits per heavy atom. The zero-order valence-corrected chi connectivity index (χ0v) is 10.6. The lowest BCUT2D eigenvalue weighted by atomic mass is 9.93. The van der Waals surface area contributed by atoms with Crippen molar-refractivity contribution in [2.45, 2.75) is 44.8 Å². The van der Waals surface area contributed by atoms with Gasteiger partial charge >= 0.3 is 0 Å². The number of aryl methyl sites for hydroxylation is 1. The minimum absolute atomic E-state index is 0.0729. The van der Waals surface area contributed by atoms with Gasteiger partial charge in [0.2, 0.25) is 5.91 Å².